The Labute approximate surface area is 210 Å². The summed E-state index contributed by atoms with van der Waals surface area (Å²) in [5, 5.41) is 6.38. The van der Waals surface area contributed by atoms with Crippen molar-refractivity contribution in [3.8, 4) is 5.69 Å². The summed E-state index contributed by atoms with van der Waals surface area (Å²) in [5.41, 5.74) is 3.32. The molecule has 1 saturated heterocycles. The van der Waals surface area contributed by atoms with Gasteiger partial charge < -0.3 is 9.80 Å². The first kappa shape index (κ1) is 23.3. The molecule has 2 aromatic carbocycles. The van der Waals surface area contributed by atoms with Gasteiger partial charge in [0.15, 0.2) is 5.65 Å². The van der Waals surface area contributed by atoms with Gasteiger partial charge in [0.1, 0.15) is 11.6 Å². The normalized spacial score (nSPS) is 14.2. The van der Waals surface area contributed by atoms with Crippen LogP contribution in [0.1, 0.15) is 35.7 Å². The molecule has 0 unspecified atom stereocenters. The Morgan fingerprint density at radius 3 is 2.43 bits per heavy atom. The lowest BCUT2D eigenvalue weighted by Gasteiger charge is -2.36. The number of hydrogen-bond acceptors (Lipinski definition) is 5. The smallest absolute Gasteiger partial charge is 0.254 e. The van der Waals surface area contributed by atoms with Crippen molar-refractivity contribution in [3.63, 3.8) is 0 Å². The fourth-order valence-electron chi connectivity index (χ4n) is 4.57. The number of aryl methyl sites for hydroxylation is 1. The van der Waals surface area contributed by atoms with Crippen LogP contribution in [0.3, 0.4) is 0 Å². The van der Waals surface area contributed by atoms with Crippen molar-refractivity contribution in [2.75, 3.05) is 31.1 Å². The summed E-state index contributed by atoms with van der Waals surface area (Å²) >= 11 is 6.10. The zero-order valence-electron chi connectivity index (χ0n) is 20.3. The van der Waals surface area contributed by atoms with Crippen molar-refractivity contribution in [1.82, 2.24) is 24.6 Å². The lowest BCUT2D eigenvalue weighted by Crippen LogP contribution is -2.49. The molecule has 0 atom stereocenters. The minimum Gasteiger partial charge on any atom is -0.352 e. The van der Waals surface area contributed by atoms with E-state index < -0.39 is 0 Å². The molecule has 0 saturated carbocycles. The largest absolute Gasteiger partial charge is 0.352 e. The number of para-hydroxylation sites is 1. The maximum absolute atomic E-state index is 13.0. The van der Waals surface area contributed by atoms with E-state index in [1.54, 1.807) is 12.1 Å². The molecule has 180 valence electrons. The van der Waals surface area contributed by atoms with Crippen molar-refractivity contribution in [2.24, 2.45) is 5.92 Å². The molecule has 3 heterocycles. The molecule has 1 aliphatic heterocycles. The molecule has 2 aromatic heterocycles. The summed E-state index contributed by atoms with van der Waals surface area (Å²) in [6.07, 6.45) is 0.787. The van der Waals surface area contributed by atoms with E-state index in [1.807, 2.05) is 59.0 Å². The van der Waals surface area contributed by atoms with E-state index in [9.17, 15) is 4.79 Å². The lowest BCUT2D eigenvalue weighted by molar-refractivity contribution is 0.0746. The molecule has 1 aliphatic rings. The van der Waals surface area contributed by atoms with Gasteiger partial charge in [-0.3, -0.25) is 4.79 Å². The highest BCUT2D eigenvalue weighted by Crippen LogP contribution is 2.30. The molecule has 0 spiro atoms. The van der Waals surface area contributed by atoms with E-state index >= 15 is 0 Å². The Bertz CT molecular complexity index is 1360. The topological polar surface area (TPSA) is 67.2 Å². The monoisotopic (exact) mass is 488 g/mol. The molecular weight excluding hydrogens is 460 g/mol. The maximum atomic E-state index is 13.0. The third-order valence-electron chi connectivity index (χ3n) is 6.26. The minimum atomic E-state index is 0.00793. The van der Waals surface area contributed by atoms with E-state index in [2.05, 4.69) is 18.7 Å². The summed E-state index contributed by atoms with van der Waals surface area (Å²) in [4.78, 5) is 27.1. The second-order valence-electron chi connectivity index (χ2n) is 9.38. The van der Waals surface area contributed by atoms with Gasteiger partial charge in [-0.1, -0.05) is 49.7 Å². The first-order valence-electron chi connectivity index (χ1n) is 12.0. The number of carbonyl (C=O) groups is 1. The van der Waals surface area contributed by atoms with E-state index in [4.69, 9.17) is 26.7 Å². The fourth-order valence-corrected chi connectivity index (χ4v) is 4.76. The maximum Gasteiger partial charge on any atom is 0.254 e. The molecule has 1 amide bonds. The second-order valence-corrected chi connectivity index (χ2v) is 9.82. The summed E-state index contributed by atoms with van der Waals surface area (Å²) in [7, 11) is 0. The van der Waals surface area contributed by atoms with Crippen molar-refractivity contribution < 1.29 is 4.79 Å². The highest BCUT2D eigenvalue weighted by Gasteiger charge is 2.27. The zero-order chi connectivity index (χ0) is 24.5. The second kappa shape index (κ2) is 9.66. The van der Waals surface area contributed by atoms with Crippen molar-refractivity contribution in [3.05, 3.63) is 76.7 Å². The van der Waals surface area contributed by atoms with Crippen LogP contribution in [0.25, 0.3) is 16.7 Å². The molecule has 0 N–H and O–H groups in total. The third-order valence-corrected chi connectivity index (χ3v) is 6.49. The number of anilines is 1. The van der Waals surface area contributed by atoms with Gasteiger partial charge in [-0.25, -0.2) is 14.6 Å². The molecule has 7 nitrogen and oxygen atoms in total. The SMILES string of the molecule is Cc1nn(-c2ccccc2)c2nc(CC(C)C)nc(N3CCN(C(=O)c4cccc(Cl)c4)CC3)c12. The number of benzene rings is 2. The first-order valence-corrected chi connectivity index (χ1v) is 12.4. The average Bonchev–Trinajstić information content (AvgIpc) is 3.19. The van der Waals surface area contributed by atoms with Gasteiger partial charge in [-0.15, -0.1) is 0 Å². The van der Waals surface area contributed by atoms with Crippen LogP contribution >= 0.6 is 11.6 Å². The average molecular weight is 489 g/mol. The summed E-state index contributed by atoms with van der Waals surface area (Å²) in [6, 6.07) is 17.2. The highest BCUT2D eigenvalue weighted by atomic mass is 35.5. The summed E-state index contributed by atoms with van der Waals surface area (Å²) < 4.78 is 1.92. The Hall–Kier alpha value is -3.45. The van der Waals surface area contributed by atoms with Gasteiger partial charge in [0.25, 0.3) is 5.91 Å². The number of nitrogens with zero attached hydrogens (tertiary/aromatic N) is 6. The summed E-state index contributed by atoms with van der Waals surface area (Å²) in [6.45, 7) is 8.96. The number of halogens is 1. The van der Waals surface area contributed by atoms with Gasteiger partial charge in [-0.05, 0) is 43.2 Å². The quantitative estimate of drug-likeness (QED) is 0.398. The Morgan fingerprint density at radius 1 is 1.00 bits per heavy atom. The van der Waals surface area contributed by atoms with Gasteiger partial charge in [0.2, 0.25) is 0 Å². The van der Waals surface area contributed by atoms with Gasteiger partial charge in [0.05, 0.1) is 16.8 Å². The van der Waals surface area contributed by atoms with Crippen LogP contribution in [0.2, 0.25) is 5.02 Å². The Balaban J connectivity index is 1.48. The number of amides is 1. The van der Waals surface area contributed by atoms with Crippen LogP contribution in [0, 0.1) is 12.8 Å². The Kier molecular flexibility index (Phi) is 6.43. The molecule has 8 heteroatoms. The van der Waals surface area contributed by atoms with Crippen LogP contribution in [0.5, 0.6) is 0 Å². The lowest BCUT2D eigenvalue weighted by atomic mass is 10.1. The van der Waals surface area contributed by atoms with Gasteiger partial charge in [0, 0.05) is 43.2 Å². The van der Waals surface area contributed by atoms with E-state index in [1.165, 1.54) is 0 Å². The molecule has 5 rings (SSSR count). The number of hydrogen-bond donors (Lipinski definition) is 0. The first-order chi connectivity index (χ1) is 16.9. The molecule has 4 aromatic rings. The molecule has 0 bridgehead atoms. The number of carbonyl (C=O) groups excluding carboxylic acids is 1. The van der Waals surface area contributed by atoms with Gasteiger partial charge in [-0.2, -0.15) is 5.10 Å². The van der Waals surface area contributed by atoms with E-state index in [0.717, 1.165) is 40.5 Å². The number of aromatic nitrogens is 4. The van der Waals surface area contributed by atoms with Crippen LogP contribution in [-0.4, -0.2) is 56.7 Å². The third kappa shape index (κ3) is 4.73. The number of piperazine rings is 1. The van der Waals surface area contributed by atoms with E-state index in [-0.39, 0.29) is 5.91 Å². The fraction of sp³-hybridized carbons (Fsp3) is 0.333. The van der Waals surface area contributed by atoms with Crippen LogP contribution < -0.4 is 4.90 Å². The van der Waals surface area contributed by atoms with Crippen LogP contribution in [-0.2, 0) is 6.42 Å². The summed E-state index contributed by atoms with van der Waals surface area (Å²) in [5.74, 6) is 2.16. The predicted molar refractivity (Wildman–Crippen MR) is 140 cm³/mol. The van der Waals surface area contributed by atoms with E-state index in [0.29, 0.717) is 42.7 Å². The van der Waals surface area contributed by atoms with Crippen LogP contribution in [0.4, 0.5) is 5.82 Å². The van der Waals surface area contributed by atoms with Crippen LogP contribution in [0.15, 0.2) is 54.6 Å². The molecule has 0 radical (unpaired) electrons. The highest BCUT2D eigenvalue weighted by molar-refractivity contribution is 6.30. The molecule has 35 heavy (non-hydrogen) atoms. The predicted octanol–water partition coefficient (Wildman–Crippen LogP) is 4.94. The number of fused-ring (bicyclic) bond motifs is 1. The van der Waals surface area contributed by atoms with Gasteiger partial charge >= 0.3 is 0 Å². The minimum absolute atomic E-state index is 0.00793. The van der Waals surface area contributed by atoms with Crippen molar-refractivity contribution >= 4 is 34.4 Å². The standard InChI is InChI=1S/C27H29ClN6O/c1-18(2)16-23-29-25(24-19(3)31-34(26(24)30-23)22-10-5-4-6-11-22)32-12-14-33(15-13-32)27(35)20-8-7-9-21(28)17-20/h4-11,17-18H,12-16H2,1-3H3. The molecular formula is C27H29ClN6O. The zero-order valence-corrected chi connectivity index (χ0v) is 21.0. The molecule has 1 fully saturated rings. The number of rotatable bonds is 5. The Morgan fingerprint density at radius 2 is 1.74 bits per heavy atom. The van der Waals surface area contributed by atoms with Crippen molar-refractivity contribution in [2.45, 2.75) is 27.2 Å². The van der Waals surface area contributed by atoms with Crippen molar-refractivity contribution in [1.29, 1.82) is 0 Å². The molecule has 0 aliphatic carbocycles.